The molecule has 0 aromatic carbocycles. The van der Waals surface area contributed by atoms with Gasteiger partial charge in [0, 0.05) is 30.2 Å². The van der Waals surface area contributed by atoms with Crippen LogP contribution in [0.15, 0.2) is 18.5 Å². The van der Waals surface area contributed by atoms with E-state index in [0.717, 1.165) is 30.8 Å². The molecule has 2 rings (SSSR count). The van der Waals surface area contributed by atoms with Crippen LogP contribution in [0.5, 0.6) is 0 Å². The summed E-state index contributed by atoms with van der Waals surface area (Å²) in [5, 5.41) is 8.65. The van der Waals surface area contributed by atoms with Crippen molar-refractivity contribution in [2.75, 3.05) is 12.3 Å². The lowest BCUT2D eigenvalue weighted by Gasteiger charge is -2.29. The normalized spacial score (nSPS) is 25.8. The van der Waals surface area contributed by atoms with Crippen molar-refractivity contribution < 1.29 is 0 Å². The predicted molar refractivity (Wildman–Crippen MR) is 69.8 cm³/mol. The van der Waals surface area contributed by atoms with Gasteiger partial charge in [0.05, 0.1) is 0 Å². The fourth-order valence-electron chi connectivity index (χ4n) is 2.15. The van der Waals surface area contributed by atoms with Crippen molar-refractivity contribution in [3.05, 3.63) is 18.5 Å². The minimum absolute atomic E-state index is 0.719. The van der Waals surface area contributed by atoms with E-state index in [4.69, 9.17) is 0 Å². The summed E-state index contributed by atoms with van der Waals surface area (Å²) in [6.45, 7) is 4.47. The van der Waals surface area contributed by atoms with E-state index in [1.165, 1.54) is 18.6 Å². The average Bonchev–Trinajstić information content (AvgIpc) is 2.79. The Morgan fingerprint density at radius 2 is 2.50 bits per heavy atom. The van der Waals surface area contributed by atoms with Crippen molar-refractivity contribution in [2.24, 2.45) is 0 Å². The Morgan fingerprint density at radius 3 is 3.25 bits per heavy atom. The largest absolute Gasteiger partial charge is 0.313 e. The van der Waals surface area contributed by atoms with Gasteiger partial charge in [-0.05, 0) is 37.6 Å². The van der Waals surface area contributed by atoms with Gasteiger partial charge < -0.3 is 5.32 Å². The highest BCUT2D eigenvalue weighted by atomic mass is 32.2. The van der Waals surface area contributed by atoms with Crippen molar-refractivity contribution >= 4 is 11.8 Å². The van der Waals surface area contributed by atoms with E-state index >= 15 is 0 Å². The van der Waals surface area contributed by atoms with Crippen molar-refractivity contribution in [1.82, 2.24) is 15.1 Å². The Morgan fingerprint density at radius 1 is 1.56 bits per heavy atom. The predicted octanol–water partition coefficient (Wildman–Crippen LogP) is 2.15. The number of nitrogens with one attached hydrogen (secondary N) is 1. The summed E-state index contributed by atoms with van der Waals surface area (Å²) in [6, 6.07) is 2.70. The van der Waals surface area contributed by atoms with E-state index in [1.54, 1.807) is 0 Å². The molecule has 1 N–H and O–H groups in total. The molecular formula is C12H21N3S. The molecule has 2 heterocycles. The first-order valence-corrected chi connectivity index (χ1v) is 7.23. The lowest BCUT2D eigenvalue weighted by molar-refractivity contribution is 0.442. The van der Waals surface area contributed by atoms with Crippen molar-refractivity contribution in [1.29, 1.82) is 0 Å². The zero-order valence-electron chi connectivity index (χ0n) is 9.93. The topological polar surface area (TPSA) is 29.9 Å². The van der Waals surface area contributed by atoms with Gasteiger partial charge in [-0.1, -0.05) is 6.92 Å². The summed E-state index contributed by atoms with van der Waals surface area (Å²) in [6.07, 6.45) is 7.74. The molecule has 0 spiro atoms. The van der Waals surface area contributed by atoms with E-state index in [-0.39, 0.29) is 0 Å². The quantitative estimate of drug-likeness (QED) is 0.799. The molecule has 0 amide bonds. The Hall–Kier alpha value is -0.480. The molecule has 0 radical (unpaired) electrons. The van der Waals surface area contributed by atoms with E-state index < -0.39 is 0 Å². The van der Waals surface area contributed by atoms with Crippen LogP contribution in [-0.2, 0) is 6.54 Å². The molecule has 16 heavy (non-hydrogen) atoms. The van der Waals surface area contributed by atoms with Crippen LogP contribution in [0.25, 0.3) is 0 Å². The van der Waals surface area contributed by atoms with Gasteiger partial charge in [-0.3, -0.25) is 4.68 Å². The molecule has 1 aromatic rings. The smallest absolute Gasteiger partial charge is 0.0489 e. The van der Waals surface area contributed by atoms with Gasteiger partial charge in [-0.2, -0.15) is 16.9 Å². The molecule has 0 bridgehead atoms. The minimum Gasteiger partial charge on any atom is -0.313 e. The molecule has 1 aliphatic heterocycles. The highest BCUT2D eigenvalue weighted by Gasteiger charge is 2.20. The van der Waals surface area contributed by atoms with Gasteiger partial charge in [0.15, 0.2) is 0 Å². The zero-order chi connectivity index (χ0) is 11.2. The van der Waals surface area contributed by atoms with E-state index in [9.17, 15) is 0 Å². The highest BCUT2D eigenvalue weighted by Crippen LogP contribution is 2.24. The van der Waals surface area contributed by atoms with E-state index in [1.807, 2.05) is 23.1 Å². The molecule has 1 aliphatic rings. The van der Waals surface area contributed by atoms with Crippen LogP contribution < -0.4 is 5.32 Å². The van der Waals surface area contributed by atoms with Crippen LogP contribution in [0.3, 0.4) is 0 Å². The first-order chi connectivity index (χ1) is 7.86. The van der Waals surface area contributed by atoms with Gasteiger partial charge in [0.25, 0.3) is 0 Å². The summed E-state index contributed by atoms with van der Waals surface area (Å²) < 4.78 is 2.00. The summed E-state index contributed by atoms with van der Waals surface area (Å²) in [5.74, 6) is 1.34. The van der Waals surface area contributed by atoms with Gasteiger partial charge in [-0.15, -0.1) is 0 Å². The summed E-state index contributed by atoms with van der Waals surface area (Å²) in [4.78, 5) is 0. The number of aromatic nitrogens is 2. The lowest BCUT2D eigenvalue weighted by atomic mass is 10.1. The van der Waals surface area contributed by atoms with Crippen LogP contribution in [0.4, 0.5) is 0 Å². The van der Waals surface area contributed by atoms with Crippen molar-refractivity contribution in [3.63, 3.8) is 0 Å². The molecule has 2 unspecified atom stereocenters. The number of hydrogen-bond donors (Lipinski definition) is 1. The molecule has 1 aromatic heterocycles. The van der Waals surface area contributed by atoms with E-state index in [2.05, 4.69) is 29.1 Å². The molecule has 4 heteroatoms. The van der Waals surface area contributed by atoms with Crippen LogP contribution in [0, 0.1) is 0 Å². The second-order valence-electron chi connectivity index (χ2n) is 4.40. The van der Waals surface area contributed by atoms with Crippen LogP contribution in [0.1, 0.15) is 26.2 Å². The second kappa shape index (κ2) is 6.30. The van der Waals surface area contributed by atoms with Crippen LogP contribution in [0.2, 0.25) is 0 Å². The standard InChI is InChI=1S/C12H21N3S/c1-11-12(5-2-10-16-11)13-6-3-8-15-9-4-7-14-15/h4,7,9,11-13H,2-3,5-6,8,10H2,1H3. The molecular weight excluding hydrogens is 218 g/mol. The van der Waals surface area contributed by atoms with Gasteiger partial charge >= 0.3 is 0 Å². The molecule has 3 nitrogen and oxygen atoms in total. The molecule has 0 aliphatic carbocycles. The fraction of sp³-hybridized carbons (Fsp3) is 0.750. The summed E-state index contributed by atoms with van der Waals surface area (Å²) >= 11 is 2.10. The number of thioether (sulfide) groups is 1. The van der Waals surface area contributed by atoms with Crippen LogP contribution >= 0.6 is 11.8 Å². The van der Waals surface area contributed by atoms with Crippen molar-refractivity contribution in [2.45, 2.75) is 44.0 Å². The third-order valence-corrected chi connectivity index (χ3v) is 4.52. The van der Waals surface area contributed by atoms with Gasteiger partial charge in [-0.25, -0.2) is 0 Å². The Bertz CT molecular complexity index is 286. The fourth-order valence-corrected chi connectivity index (χ4v) is 3.32. The number of aryl methyl sites for hydroxylation is 1. The zero-order valence-corrected chi connectivity index (χ0v) is 10.7. The monoisotopic (exact) mass is 239 g/mol. The third-order valence-electron chi connectivity index (χ3n) is 3.14. The SMILES string of the molecule is CC1SCCCC1NCCCn1cccn1. The Labute approximate surface area is 102 Å². The number of rotatable bonds is 5. The Balaban J connectivity index is 1.60. The second-order valence-corrected chi connectivity index (χ2v) is 5.89. The molecule has 90 valence electrons. The first-order valence-electron chi connectivity index (χ1n) is 6.18. The Kier molecular flexibility index (Phi) is 4.72. The minimum atomic E-state index is 0.719. The summed E-state index contributed by atoms with van der Waals surface area (Å²) in [5.41, 5.74) is 0. The third kappa shape index (κ3) is 3.52. The van der Waals surface area contributed by atoms with Gasteiger partial charge in [0.1, 0.15) is 0 Å². The first kappa shape index (κ1) is 12.0. The molecule has 2 atom stereocenters. The number of hydrogen-bond acceptors (Lipinski definition) is 3. The highest BCUT2D eigenvalue weighted by molar-refractivity contribution is 7.99. The molecule has 1 fully saturated rings. The maximum absolute atomic E-state index is 4.20. The van der Waals surface area contributed by atoms with Crippen LogP contribution in [-0.4, -0.2) is 33.4 Å². The van der Waals surface area contributed by atoms with E-state index in [0.29, 0.717) is 0 Å². The maximum atomic E-state index is 4.20. The lowest BCUT2D eigenvalue weighted by Crippen LogP contribution is -2.39. The van der Waals surface area contributed by atoms with Gasteiger partial charge in [0.2, 0.25) is 0 Å². The number of nitrogens with zero attached hydrogens (tertiary/aromatic N) is 2. The average molecular weight is 239 g/mol. The maximum Gasteiger partial charge on any atom is 0.0489 e. The summed E-state index contributed by atoms with van der Waals surface area (Å²) in [7, 11) is 0. The van der Waals surface area contributed by atoms with Crippen molar-refractivity contribution in [3.8, 4) is 0 Å². The molecule has 1 saturated heterocycles. The molecule has 0 saturated carbocycles.